The SMILES string of the molecule is CCCCCCCCCCCC(=O)O[C@H](CCCCCCCCCCC)CC(=O)NC(CCOP(=O)(O)O)C(=O)NCCC[C@H](CO)NC(=O)C[C@H](O)CCCCCCCCCCC. The van der Waals surface area contributed by atoms with Gasteiger partial charge in [0.25, 0.3) is 0 Å². The predicted octanol–water partition coefficient (Wildman–Crippen LogP) is 10.2. The minimum Gasteiger partial charge on any atom is -0.462 e. The smallest absolute Gasteiger partial charge is 0.462 e. The first-order valence-electron chi connectivity index (χ1n) is 25.9. The van der Waals surface area contributed by atoms with Crippen molar-refractivity contribution in [2.45, 2.75) is 270 Å². The van der Waals surface area contributed by atoms with Crippen LogP contribution in [0.25, 0.3) is 0 Å². The van der Waals surface area contributed by atoms with Gasteiger partial charge in [0.05, 0.1) is 38.2 Å². The number of hydrogen-bond donors (Lipinski definition) is 7. The van der Waals surface area contributed by atoms with Crippen LogP contribution in [0.15, 0.2) is 0 Å². The Morgan fingerprint density at radius 1 is 0.547 bits per heavy atom. The van der Waals surface area contributed by atoms with Crippen LogP contribution in [0.2, 0.25) is 0 Å². The van der Waals surface area contributed by atoms with Gasteiger partial charge in [-0.3, -0.25) is 23.7 Å². The van der Waals surface area contributed by atoms with Crippen molar-refractivity contribution in [2.24, 2.45) is 0 Å². The molecule has 0 radical (unpaired) electrons. The average molecular weight is 934 g/mol. The molecule has 0 fully saturated rings. The minimum absolute atomic E-state index is 0.0547. The summed E-state index contributed by atoms with van der Waals surface area (Å²) < 4.78 is 21.8. The molecule has 0 saturated heterocycles. The van der Waals surface area contributed by atoms with Crippen LogP contribution < -0.4 is 16.0 Å². The number of phosphoric ester groups is 1. The van der Waals surface area contributed by atoms with Gasteiger partial charge in [-0.15, -0.1) is 0 Å². The first-order valence-corrected chi connectivity index (χ1v) is 27.4. The molecule has 0 spiro atoms. The Morgan fingerprint density at radius 3 is 1.48 bits per heavy atom. The summed E-state index contributed by atoms with van der Waals surface area (Å²) in [6, 6.07) is -1.77. The van der Waals surface area contributed by atoms with E-state index in [1.54, 1.807) is 0 Å². The molecular formula is C49H96N3O11P. The largest absolute Gasteiger partial charge is 0.469 e. The van der Waals surface area contributed by atoms with Crippen LogP contribution >= 0.6 is 7.82 Å². The number of carbonyl (C=O) groups excluding carboxylic acids is 4. The molecule has 0 aromatic carbocycles. The van der Waals surface area contributed by atoms with E-state index in [-0.39, 0.29) is 50.7 Å². The second-order valence-corrected chi connectivity index (χ2v) is 19.3. The number of nitrogens with one attached hydrogen (secondary N) is 3. The number of hydrogen-bond acceptors (Lipinski definition) is 9. The molecule has 0 aromatic heterocycles. The molecule has 14 nitrogen and oxygen atoms in total. The van der Waals surface area contributed by atoms with E-state index in [0.717, 1.165) is 70.6 Å². The molecule has 0 bridgehead atoms. The number of ether oxygens (including phenoxy) is 1. The van der Waals surface area contributed by atoms with Gasteiger partial charge in [-0.25, -0.2) is 4.57 Å². The van der Waals surface area contributed by atoms with Crippen LogP contribution in [0, 0.1) is 0 Å². The number of carbonyl (C=O) groups is 4. The number of unbranched alkanes of at least 4 members (excludes halogenated alkanes) is 24. The highest BCUT2D eigenvalue weighted by molar-refractivity contribution is 7.46. The second-order valence-electron chi connectivity index (χ2n) is 18.1. The molecule has 0 aromatic rings. The normalized spacial score (nSPS) is 13.5. The van der Waals surface area contributed by atoms with Crippen molar-refractivity contribution in [2.75, 3.05) is 19.8 Å². The van der Waals surface area contributed by atoms with Crippen molar-refractivity contribution < 1.29 is 53.0 Å². The fourth-order valence-electron chi connectivity index (χ4n) is 7.91. The molecule has 1 unspecified atom stereocenters. The standard InChI is InChI=1S/C49H96N3O11P/c1-4-7-10-13-16-19-22-25-28-33-43(54)39-46(55)51-42(41-53)32-31-37-50-49(58)45(36-38-62-64(59,60)61)52-47(56)40-44(34-29-26-23-20-17-14-11-8-5-2)63-48(57)35-30-27-24-21-18-15-12-9-6-3/h42-45,53-54H,4-41H2,1-3H3,(H,50,58)(H,51,55)(H,52,56)(H2,59,60,61)/t42-,43-,44-,45?/m1/s1. The number of phosphoric acid groups is 1. The molecule has 3 amide bonds. The molecule has 7 N–H and O–H groups in total. The lowest BCUT2D eigenvalue weighted by Gasteiger charge is -2.22. The van der Waals surface area contributed by atoms with Crippen molar-refractivity contribution in [1.82, 2.24) is 16.0 Å². The zero-order valence-corrected chi connectivity index (χ0v) is 41.7. The van der Waals surface area contributed by atoms with Crippen LogP contribution in [0.3, 0.4) is 0 Å². The fraction of sp³-hybridized carbons (Fsp3) is 0.918. The van der Waals surface area contributed by atoms with Gasteiger partial charge in [-0.2, -0.15) is 0 Å². The highest BCUT2D eigenvalue weighted by Gasteiger charge is 2.26. The third-order valence-corrected chi connectivity index (χ3v) is 12.3. The van der Waals surface area contributed by atoms with Gasteiger partial charge in [0.1, 0.15) is 12.1 Å². The molecule has 0 heterocycles. The summed E-state index contributed by atoms with van der Waals surface area (Å²) in [4.78, 5) is 70.7. The molecule has 0 aliphatic heterocycles. The number of aliphatic hydroxyl groups excluding tert-OH is 2. The van der Waals surface area contributed by atoms with Gasteiger partial charge in [-0.1, -0.05) is 181 Å². The molecule has 4 atom stereocenters. The monoisotopic (exact) mass is 934 g/mol. The van der Waals surface area contributed by atoms with Crippen molar-refractivity contribution in [3.8, 4) is 0 Å². The lowest BCUT2D eigenvalue weighted by molar-refractivity contribution is -0.151. The topological polar surface area (TPSA) is 221 Å². The number of aliphatic hydroxyl groups is 2. The van der Waals surface area contributed by atoms with E-state index in [4.69, 9.17) is 4.74 Å². The highest BCUT2D eigenvalue weighted by Crippen LogP contribution is 2.35. The third-order valence-electron chi connectivity index (χ3n) is 11.8. The molecule has 15 heteroatoms. The van der Waals surface area contributed by atoms with Gasteiger partial charge in [-0.05, 0) is 38.5 Å². The fourth-order valence-corrected chi connectivity index (χ4v) is 8.26. The van der Waals surface area contributed by atoms with E-state index in [2.05, 4.69) is 41.2 Å². The third kappa shape index (κ3) is 41.3. The van der Waals surface area contributed by atoms with Crippen molar-refractivity contribution >= 4 is 31.5 Å². The zero-order chi connectivity index (χ0) is 47.5. The van der Waals surface area contributed by atoms with E-state index in [9.17, 15) is 43.7 Å². The van der Waals surface area contributed by atoms with E-state index >= 15 is 0 Å². The average Bonchev–Trinajstić information content (AvgIpc) is 3.24. The maximum atomic E-state index is 13.4. The Hall–Kier alpha value is -2.09. The summed E-state index contributed by atoms with van der Waals surface area (Å²) in [6.07, 6.45) is 30.9. The van der Waals surface area contributed by atoms with Crippen molar-refractivity contribution in [3.63, 3.8) is 0 Å². The Balaban J connectivity index is 5.11. The molecule has 0 aliphatic carbocycles. The maximum absolute atomic E-state index is 13.4. The molecule has 0 saturated carbocycles. The number of esters is 1. The van der Waals surface area contributed by atoms with Gasteiger partial charge in [0.2, 0.25) is 17.7 Å². The predicted molar refractivity (Wildman–Crippen MR) is 256 cm³/mol. The Labute approximate surface area is 389 Å². The molecule has 0 aliphatic rings. The first-order chi connectivity index (χ1) is 30.8. The summed E-state index contributed by atoms with van der Waals surface area (Å²) in [5, 5.41) is 28.4. The summed E-state index contributed by atoms with van der Waals surface area (Å²) >= 11 is 0. The quantitative estimate of drug-likeness (QED) is 0.0173. The van der Waals surface area contributed by atoms with E-state index in [1.165, 1.54) is 103 Å². The van der Waals surface area contributed by atoms with E-state index in [1.807, 2.05) is 0 Å². The van der Waals surface area contributed by atoms with Gasteiger partial charge in [0, 0.05) is 19.4 Å². The van der Waals surface area contributed by atoms with Gasteiger partial charge in [0.15, 0.2) is 0 Å². The Kier molecular flexibility index (Phi) is 42.1. The summed E-state index contributed by atoms with van der Waals surface area (Å²) in [5.41, 5.74) is 0. The van der Waals surface area contributed by atoms with Crippen LogP contribution in [0.5, 0.6) is 0 Å². The lowest BCUT2D eigenvalue weighted by Crippen LogP contribution is -2.48. The van der Waals surface area contributed by atoms with Crippen LogP contribution in [0.1, 0.15) is 245 Å². The lowest BCUT2D eigenvalue weighted by atomic mass is 10.0. The number of amides is 3. The first kappa shape index (κ1) is 61.9. The Morgan fingerprint density at radius 2 is 1.00 bits per heavy atom. The maximum Gasteiger partial charge on any atom is 0.469 e. The number of rotatable bonds is 47. The zero-order valence-electron chi connectivity index (χ0n) is 40.8. The molecule has 64 heavy (non-hydrogen) atoms. The summed E-state index contributed by atoms with van der Waals surface area (Å²) in [7, 11) is -4.83. The van der Waals surface area contributed by atoms with Crippen LogP contribution in [-0.2, 0) is 33.0 Å². The van der Waals surface area contributed by atoms with Gasteiger partial charge >= 0.3 is 13.8 Å². The van der Waals surface area contributed by atoms with Gasteiger partial charge < -0.3 is 40.7 Å². The molecule has 378 valence electrons. The van der Waals surface area contributed by atoms with Crippen LogP contribution in [0.4, 0.5) is 0 Å². The van der Waals surface area contributed by atoms with Crippen molar-refractivity contribution in [1.29, 1.82) is 0 Å². The van der Waals surface area contributed by atoms with Crippen molar-refractivity contribution in [3.05, 3.63) is 0 Å². The molecular weight excluding hydrogens is 838 g/mol. The van der Waals surface area contributed by atoms with E-state index in [0.29, 0.717) is 25.7 Å². The van der Waals surface area contributed by atoms with Crippen LogP contribution in [-0.4, -0.2) is 87.7 Å². The summed E-state index contributed by atoms with van der Waals surface area (Å²) in [5.74, 6) is -1.82. The highest BCUT2D eigenvalue weighted by atomic mass is 31.2. The minimum atomic E-state index is -4.83. The second kappa shape index (κ2) is 43.5. The molecule has 0 rings (SSSR count). The van der Waals surface area contributed by atoms with E-state index < -0.39 is 50.5 Å². The Bertz CT molecular complexity index is 1190. The summed E-state index contributed by atoms with van der Waals surface area (Å²) in [6.45, 7) is 5.92.